The molecule has 0 aliphatic carbocycles. The molecule has 1 amide bonds. The van der Waals surface area contributed by atoms with Crippen molar-refractivity contribution in [1.29, 1.82) is 0 Å². The quantitative estimate of drug-likeness (QED) is 0.317. The predicted octanol–water partition coefficient (Wildman–Crippen LogP) is 4.19. The third-order valence-electron chi connectivity index (χ3n) is 7.58. The number of rotatable bonds is 9. The molecule has 0 unspecified atom stereocenters. The van der Waals surface area contributed by atoms with Crippen molar-refractivity contribution in [1.82, 2.24) is 14.7 Å². The van der Waals surface area contributed by atoms with Gasteiger partial charge in [-0.05, 0) is 36.6 Å². The number of aromatic hydroxyl groups is 1. The van der Waals surface area contributed by atoms with Crippen LogP contribution in [-0.2, 0) is 22.1 Å². The fourth-order valence-corrected chi connectivity index (χ4v) is 5.34. The van der Waals surface area contributed by atoms with Gasteiger partial charge >= 0.3 is 6.18 Å². The molecule has 43 heavy (non-hydrogen) atoms. The van der Waals surface area contributed by atoms with Gasteiger partial charge in [-0.15, -0.1) is 24.8 Å². The number of hydrogen-bond acceptors (Lipinski definition) is 8. The number of amides is 1. The number of morpholine rings is 1. The number of non-ortho nitro benzene ring substituents is 1. The minimum atomic E-state index is -4.85. The SMILES string of the molecule is COC[C@@H]1CN(CCN2CCN(C(=O)c3cc([N+](=O)[O-])cc(C(F)(F)F)c3)[C@H](Cc3ccc(C)c(O)c3)C2)CCO1.Cl.Cl. The highest BCUT2D eigenvalue weighted by molar-refractivity contribution is 5.95. The molecule has 0 bridgehead atoms. The lowest BCUT2D eigenvalue weighted by Crippen LogP contribution is -2.57. The monoisotopic (exact) mass is 652 g/mol. The second-order valence-electron chi connectivity index (χ2n) is 10.6. The maximum absolute atomic E-state index is 13.6. The van der Waals surface area contributed by atoms with Crippen LogP contribution in [0.15, 0.2) is 36.4 Å². The van der Waals surface area contributed by atoms with Crippen molar-refractivity contribution in [2.45, 2.75) is 31.7 Å². The molecule has 2 heterocycles. The highest BCUT2D eigenvalue weighted by Gasteiger charge is 2.36. The van der Waals surface area contributed by atoms with Crippen molar-refractivity contribution in [3.8, 4) is 5.75 Å². The van der Waals surface area contributed by atoms with Crippen LogP contribution < -0.4 is 0 Å². The van der Waals surface area contributed by atoms with E-state index in [4.69, 9.17) is 9.47 Å². The van der Waals surface area contributed by atoms with Gasteiger partial charge in [-0.2, -0.15) is 13.2 Å². The summed E-state index contributed by atoms with van der Waals surface area (Å²) in [5.41, 5.74) is -0.955. The second-order valence-corrected chi connectivity index (χ2v) is 10.6. The number of carbonyl (C=O) groups is 1. The Balaban J connectivity index is 0.00000323. The van der Waals surface area contributed by atoms with E-state index in [1.807, 2.05) is 6.07 Å². The van der Waals surface area contributed by atoms with Gasteiger partial charge < -0.3 is 19.5 Å². The van der Waals surface area contributed by atoms with Crippen molar-refractivity contribution in [3.63, 3.8) is 0 Å². The van der Waals surface area contributed by atoms with Gasteiger partial charge in [-0.3, -0.25) is 24.7 Å². The third kappa shape index (κ3) is 9.65. The number of nitrogens with zero attached hydrogens (tertiary/aromatic N) is 4. The van der Waals surface area contributed by atoms with Gasteiger partial charge in [0.25, 0.3) is 11.6 Å². The number of alkyl halides is 3. The Kier molecular flexibility index (Phi) is 13.5. The molecule has 4 rings (SSSR count). The van der Waals surface area contributed by atoms with E-state index < -0.39 is 34.3 Å². The molecule has 240 valence electrons. The number of phenolic OH excluding ortho intramolecular Hbond substituents is 1. The molecular formula is C28H37Cl2F3N4O6. The smallest absolute Gasteiger partial charge is 0.416 e. The molecule has 0 saturated carbocycles. The second kappa shape index (κ2) is 15.9. The van der Waals surface area contributed by atoms with Crippen molar-refractivity contribution >= 4 is 36.4 Å². The largest absolute Gasteiger partial charge is 0.508 e. The van der Waals surface area contributed by atoms with Crippen LogP contribution in [0.4, 0.5) is 18.9 Å². The predicted molar refractivity (Wildman–Crippen MR) is 158 cm³/mol. The number of benzene rings is 2. The van der Waals surface area contributed by atoms with Gasteiger partial charge in [0.2, 0.25) is 0 Å². The lowest BCUT2D eigenvalue weighted by molar-refractivity contribution is -0.385. The van der Waals surface area contributed by atoms with Gasteiger partial charge in [0.05, 0.1) is 29.8 Å². The maximum atomic E-state index is 13.6. The lowest BCUT2D eigenvalue weighted by atomic mass is 9.99. The van der Waals surface area contributed by atoms with Crippen LogP contribution in [0.5, 0.6) is 5.75 Å². The summed E-state index contributed by atoms with van der Waals surface area (Å²) in [6.45, 7) is 7.09. The van der Waals surface area contributed by atoms with Crippen molar-refractivity contribution < 1.29 is 37.5 Å². The van der Waals surface area contributed by atoms with Crippen LogP contribution in [-0.4, -0.2) is 109 Å². The van der Waals surface area contributed by atoms with E-state index in [1.165, 1.54) is 4.90 Å². The first-order chi connectivity index (χ1) is 19.4. The molecule has 1 N–H and O–H groups in total. The van der Waals surface area contributed by atoms with Crippen LogP contribution in [0.1, 0.15) is 27.0 Å². The lowest BCUT2D eigenvalue weighted by Gasteiger charge is -2.42. The minimum absolute atomic E-state index is 0. The van der Waals surface area contributed by atoms with Crippen molar-refractivity contribution in [3.05, 3.63) is 68.8 Å². The summed E-state index contributed by atoms with van der Waals surface area (Å²) in [5, 5.41) is 21.6. The van der Waals surface area contributed by atoms with E-state index in [2.05, 4.69) is 9.80 Å². The molecule has 2 atom stereocenters. The number of methoxy groups -OCH3 is 1. The molecule has 0 spiro atoms. The van der Waals surface area contributed by atoms with Gasteiger partial charge in [0, 0.05) is 76.7 Å². The number of nitro benzene ring substituents is 1. The van der Waals surface area contributed by atoms with E-state index in [9.17, 15) is 33.2 Å². The number of hydrogen-bond donors (Lipinski definition) is 1. The number of halogens is 5. The Morgan fingerprint density at radius 1 is 1.09 bits per heavy atom. The summed E-state index contributed by atoms with van der Waals surface area (Å²) in [5.74, 6) is -0.588. The molecule has 0 aromatic heterocycles. The first-order valence-corrected chi connectivity index (χ1v) is 13.5. The average molecular weight is 654 g/mol. The Labute approximate surface area is 260 Å². The molecule has 2 fully saturated rings. The summed E-state index contributed by atoms with van der Waals surface area (Å²) in [7, 11) is 1.63. The molecule has 2 aliphatic rings. The minimum Gasteiger partial charge on any atom is -0.508 e. The van der Waals surface area contributed by atoms with Gasteiger partial charge in [0.15, 0.2) is 0 Å². The standard InChI is InChI=1S/C28H35F3N4O6.2ClH/c1-19-3-4-20(12-26(19)36)11-24-16-32(5-6-33-9-10-41-25(17-33)18-40-2)7-8-34(24)27(37)21-13-22(28(29,30)31)15-23(14-21)35(38)39;;/h3-4,12-15,24-25,36H,5-11,16-18H2,1-2H3;2*1H/t24-,25+;;/m1../s1. The molecular weight excluding hydrogens is 616 g/mol. The highest BCUT2D eigenvalue weighted by atomic mass is 35.5. The normalized spacial score (nSPS) is 19.8. The van der Waals surface area contributed by atoms with Crippen LogP contribution in [0, 0.1) is 17.0 Å². The van der Waals surface area contributed by atoms with E-state index in [-0.39, 0.29) is 48.8 Å². The van der Waals surface area contributed by atoms with Gasteiger partial charge in [-0.25, -0.2) is 0 Å². The Hall–Kier alpha value is -2.68. The number of phenols is 1. The van der Waals surface area contributed by atoms with Crippen LogP contribution in [0.25, 0.3) is 0 Å². The van der Waals surface area contributed by atoms with E-state index >= 15 is 0 Å². The average Bonchev–Trinajstić information content (AvgIpc) is 2.93. The number of piperazine rings is 1. The summed E-state index contributed by atoms with van der Waals surface area (Å²) < 4.78 is 51.5. The molecule has 2 aromatic carbocycles. The summed E-state index contributed by atoms with van der Waals surface area (Å²) in [4.78, 5) is 30.0. The zero-order valence-electron chi connectivity index (χ0n) is 23.9. The Morgan fingerprint density at radius 3 is 2.42 bits per heavy atom. The molecule has 0 radical (unpaired) electrons. The zero-order chi connectivity index (χ0) is 29.7. The molecule has 15 heteroatoms. The Morgan fingerprint density at radius 2 is 1.79 bits per heavy atom. The fourth-order valence-electron chi connectivity index (χ4n) is 5.34. The zero-order valence-corrected chi connectivity index (χ0v) is 25.6. The van der Waals surface area contributed by atoms with Crippen LogP contribution >= 0.6 is 24.8 Å². The maximum Gasteiger partial charge on any atom is 0.416 e. The number of ether oxygens (including phenoxy) is 2. The number of nitro groups is 1. The molecule has 2 saturated heterocycles. The summed E-state index contributed by atoms with van der Waals surface area (Å²) >= 11 is 0. The third-order valence-corrected chi connectivity index (χ3v) is 7.58. The van der Waals surface area contributed by atoms with E-state index in [1.54, 1.807) is 26.2 Å². The molecule has 10 nitrogen and oxygen atoms in total. The van der Waals surface area contributed by atoms with E-state index in [0.29, 0.717) is 57.0 Å². The van der Waals surface area contributed by atoms with Crippen molar-refractivity contribution in [2.24, 2.45) is 0 Å². The first-order valence-electron chi connectivity index (χ1n) is 13.5. The summed E-state index contributed by atoms with van der Waals surface area (Å²) in [6.07, 6.45) is -4.49. The topological polar surface area (TPSA) is 109 Å². The fraction of sp³-hybridized carbons (Fsp3) is 0.536. The highest BCUT2D eigenvalue weighted by Crippen LogP contribution is 2.33. The number of aryl methyl sites for hydroxylation is 1. The Bertz CT molecular complexity index is 1250. The summed E-state index contributed by atoms with van der Waals surface area (Å²) in [6, 6.07) is 6.80. The number of carbonyl (C=O) groups excluding carboxylic acids is 1. The van der Waals surface area contributed by atoms with Crippen LogP contribution in [0.2, 0.25) is 0 Å². The molecule has 2 aliphatic heterocycles. The van der Waals surface area contributed by atoms with Crippen molar-refractivity contribution in [2.75, 3.05) is 66.1 Å². The van der Waals surface area contributed by atoms with Gasteiger partial charge in [-0.1, -0.05) is 12.1 Å². The van der Waals surface area contributed by atoms with Crippen LogP contribution in [0.3, 0.4) is 0 Å². The van der Waals surface area contributed by atoms with E-state index in [0.717, 1.165) is 31.3 Å². The first kappa shape index (κ1) is 36.5. The molecule has 2 aromatic rings. The van der Waals surface area contributed by atoms with Gasteiger partial charge in [0.1, 0.15) is 5.75 Å².